The first kappa shape index (κ1) is 27.9. The van der Waals surface area contributed by atoms with E-state index in [0.717, 1.165) is 10.7 Å². The van der Waals surface area contributed by atoms with Crippen LogP contribution in [0.2, 0.25) is 10.0 Å². The van der Waals surface area contributed by atoms with E-state index in [2.05, 4.69) is 5.32 Å². The molecule has 12 heteroatoms. The minimum absolute atomic E-state index is 0.0254. The Balaban J connectivity index is 1.94. The molecule has 0 bridgehead atoms. The third-order valence-corrected chi connectivity index (χ3v) is 8.16. The van der Waals surface area contributed by atoms with Gasteiger partial charge in [-0.15, -0.1) is 0 Å². The van der Waals surface area contributed by atoms with Crippen LogP contribution in [0.25, 0.3) is 0 Å². The summed E-state index contributed by atoms with van der Waals surface area (Å²) in [6, 6.07) is 8.70. The summed E-state index contributed by atoms with van der Waals surface area (Å²) >= 11 is 12.2. The molecule has 2 aromatic rings. The lowest BCUT2D eigenvalue weighted by Crippen LogP contribution is -2.51. The van der Waals surface area contributed by atoms with Gasteiger partial charge >= 0.3 is 0 Å². The van der Waals surface area contributed by atoms with Gasteiger partial charge in [0.25, 0.3) is 0 Å². The highest BCUT2D eigenvalue weighted by Gasteiger charge is 2.31. The van der Waals surface area contributed by atoms with Gasteiger partial charge in [0, 0.05) is 19.2 Å². The van der Waals surface area contributed by atoms with Crippen LogP contribution in [0.4, 0.5) is 5.69 Å². The van der Waals surface area contributed by atoms with Gasteiger partial charge in [-0.3, -0.25) is 13.9 Å². The van der Waals surface area contributed by atoms with Crippen molar-refractivity contribution in [2.24, 2.45) is 0 Å². The first-order valence-electron chi connectivity index (χ1n) is 11.5. The van der Waals surface area contributed by atoms with Crippen LogP contribution in [0.3, 0.4) is 0 Å². The Labute approximate surface area is 221 Å². The molecule has 0 saturated carbocycles. The van der Waals surface area contributed by atoms with Crippen LogP contribution in [-0.2, 0) is 26.2 Å². The first-order valence-corrected chi connectivity index (χ1v) is 13.8. The van der Waals surface area contributed by atoms with Gasteiger partial charge in [0.1, 0.15) is 12.6 Å². The second-order valence-electron chi connectivity index (χ2n) is 8.18. The van der Waals surface area contributed by atoms with Crippen LogP contribution in [0, 0.1) is 0 Å². The maximum absolute atomic E-state index is 13.6. The van der Waals surface area contributed by atoms with E-state index in [0.29, 0.717) is 33.7 Å². The van der Waals surface area contributed by atoms with Crippen LogP contribution in [0.5, 0.6) is 11.5 Å². The highest BCUT2D eigenvalue weighted by molar-refractivity contribution is 7.92. The topological polar surface area (TPSA) is 105 Å². The molecule has 1 aliphatic heterocycles. The maximum Gasteiger partial charge on any atom is 0.244 e. The van der Waals surface area contributed by atoms with Crippen LogP contribution >= 0.6 is 23.2 Å². The third-order valence-electron chi connectivity index (χ3n) is 5.68. The number of hydrogen-bond donors (Lipinski definition) is 1. The number of hydrogen-bond acceptors (Lipinski definition) is 6. The zero-order chi connectivity index (χ0) is 26.5. The standard InChI is InChI=1S/C24H29Cl2N3O6S/c1-4-10-27-24(31)16(3)28(13-17-6-8-19(25)20(26)11-17)23(30)14-29(36(32,33)5-2)18-7-9-21-22(12-18)35-15-34-21/h6-9,11-12,16H,4-5,10,13-15H2,1-3H3,(H,27,31)/t16-/m1/s1. The summed E-state index contributed by atoms with van der Waals surface area (Å²) in [6.45, 7) is 5.00. The molecule has 0 unspecified atom stereocenters. The number of fused-ring (bicyclic) bond motifs is 1. The number of benzene rings is 2. The third kappa shape index (κ3) is 6.54. The number of nitrogens with zero attached hydrogens (tertiary/aromatic N) is 2. The molecule has 0 radical (unpaired) electrons. The van der Waals surface area contributed by atoms with Crippen molar-refractivity contribution in [2.75, 3.05) is 29.9 Å². The van der Waals surface area contributed by atoms with E-state index in [9.17, 15) is 18.0 Å². The fourth-order valence-corrected chi connectivity index (χ4v) is 4.95. The van der Waals surface area contributed by atoms with Crippen molar-refractivity contribution in [3.63, 3.8) is 0 Å². The van der Waals surface area contributed by atoms with E-state index < -0.39 is 28.5 Å². The number of ether oxygens (including phenoxy) is 2. The molecule has 0 spiro atoms. The summed E-state index contributed by atoms with van der Waals surface area (Å²) in [6.07, 6.45) is 0.728. The fourth-order valence-electron chi connectivity index (χ4n) is 3.57. The number of sulfonamides is 1. The number of carbonyl (C=O) groups is 2. The van der Waals surface area contributed by atoms with Gasteiger partial charge in [0.2, 0.25) is 28.6 Å². The quantitative estimate of drug-likeness (QED) is 0.450. The van der Waals surface area contributed by atoms with Gasteiger partial charge in [-0.25, -0.2) is 8.42 Å². The van der Waals surface area contributed by atoms with E-state index in [4.69, 9.17) is 32.7 Å². The molecule has 9 nitrogen and oxygen atoms in total. The molecule has 0 aliphatic carbocycles. The normalized spacial score (nSPS) is 13.2. The zero-order valence-electron chi connectivity index (χ0n) is 20.3. The molecular formula is C24H29Cl2N3O6S. The number of anilines is 1. The van der Waals surface area contributed by atoms with E-state index in [-0.39, 0.29) is 30.7 Å². The van der Waals surface area contributed by atoms with Gasteiger partial charge in [0.05, 0.1) is 21.5 Å². The maximum atomic E-state index is 13.6. The molecule has 3 rings (SSSR count). The molecule has 0 saturated heterocycles. The van der Waals surface area contributed by atoms with Crippen molar-refractivity contribution in [3.8, 4) is 11.5 Å². The Morgan fingerprint density at radius 1 is 1.06 bits per heavy atom. The number of amides is 2. The zero-order valence-corrected chi connectivity index (χ0v) is 22.6. The second-order valence-corrected chi connectivity index (χ2v) is 11.2. The molecular weight excluding hydrogens is 529 g/mol. The highest BCUT2D eigenvalue weighted by atomic mass is 35.5. The Bertz CT molecular complexity index is 1220. The molecule has 1 heterocycles. The lowest BCUT2D eigenvalue weighted by Gasteiger charge is -2.32. The van der Waals surface area contributed by atoms with Crippen molar-refractivity contribution < 1.29 is 27.5 Å². The summed E-state index contributed by atoms with van der Waals surface area (Å²) in [5, 5.41) is 3.45. The van der Waals surface area contributed by atoms with Gasteiger partial charge in [-0.2, -0.15) is 0 Å². The molecule has 0 aromatic heterocycles. The van der Waals surface area contributed by atoms with Gasteiger partial charge in [-0.05, 0) is 50.1 Å². The number of halogens is 2. The summed E-state index contributed by atoms with van der Waals surface area (Å²) in [5.41, 5.74) is 0.896. The van der Waals surface area contributed by atoms with Gasteiger partial charge in [-0.1, -0.05) is 36.2 Å². The molecule has 2 aromatic carbocycles. The number of carbonyl (C=O) groups excluding carboxylic acids is 2. The van der Waals surface area contributed by atoms with Crippen LogP contribution in [-0.4, -0.2) is 56.8 Å². The number of nitrogens with one attached hydrogen (secondary N) is 1. The molecule has 1 atom stereocenters. The van der Waals surface area contributed by atoms with Crippen LogP contribution < -0.4 is 19.1 Å². The molecule has 0 fully saturated rings. The van der Waals surface area contributed by atoms with Crippen molar-refractivity contribution >= 4 is 50.7 Å². The summed E-state index contributed by atoms with van der Waals surface area (Å²) in [4.78, 5) is 27.7. The SMILES string of the molecule is CCCNC(=O)[C@@H](C)N(Cc1ccc(Cl)c(Cl)c1)C(=O)CN(c1ccc2c(c1)OCO2)S(=O)(=O)CC. The lowest BCUT2D eigenvalue weighted by atomic mass is 10.1. The van der Waals surface area contributed by atoms with Gasteiger partial charge < -0.3 is 19.7 Å². The van der Waals surface area contributed by atoms with Crippen molar-refractivity contribution in [1.29, 1.82) is 0 Å². The first-order chi connectivity index (χ1) is 17.1. The molecule has 2 amide bonds. The van der Waals surface area contributed by atoms with E-state index in [1.165, 1.54) is 17.9 Å². The minimum Gasteiger partial charge on any atom is -0.454 e. The molecule has 196 valence electrons. The summed E-state index contributed by atoms with van der Waals surface area (Å²) < 4.78 is 37.7. The van der Waals surface area contributed by atoms with E-state index in [1.807, 2.05) is 6.92 Å². The van der Waals surface area contributed by atoms with Crippen LogP contribution in [0.15, 0.2) is 36.4 Å². The van der Waals surface area contributed by atoms with Gasteiger partial charge in [0.15, 0.2) is 11.5 Å². The molecule has 1 N–H and O–H groups in total. The monoisotopic (exact) mass is 557 g/mol. The van der Waals surface area contributed by atoms with E-state index in [1.54, 1.807) is 37.3 Å². The smallest absolute Gasteiger partial charge is 0.244 e. The average molecular weight is 558 g/mol. The fraction of sp³-hybridized carbons (Fsp3) is 0.417. The Morgan fingerprint density at radius 2 is 1.78 bits per heavy atom. The number of rotatable bonds is 11. The van der Waals surface area contributed by atoms with Crippen LogP contribution in [0.1, 0.15) is 32.8 Å². The highest BCUT2D eigenvalue weighted by Crippen LogP contribution is 2.36. The minimum atomic E-state index is -3.85. The summed E-state index contributed by atoms with van der Waals surface area (Å²) in [7, 11) is -3.85. The molecule has 1 aliphatic rings. The molecule has 36 heavy (non-hydrogen) atoms. The van der Waals surface area contributed by atoms with Crippen molar-refractivity contribution in [1.82, 2.24) is 10.2 Å². The second kappa shape index (κ2) is 12.0. The largest absolute Gasteiger partial charge is 0.454 e. The summed E-state index contributed by atoms with van der Waals surface area (Å²) in [5.74, 6) is -0.264. The van der Waals surface area contributed by atoms with Crippen molar-refractivity contribution in [2.45, 2.75) is 39.8 Å². The lowest BCUT2D eigenvalue weighted by molar-refractivity contribution is -0.139. The predicted octanol–water partition coefficient (Wildman–Crippen LogP) is 3.82. The Hall–Kier alpha value is -2.69. The van der Waals surface area contributed by atoms with Crippen molar-refractivity contribution in [3.05, 3.63) is 52.0 Å². The predicted molar refractivity (Wildman–Crippen MR) is 139 cm³/mol. The Morgan fingerprint density at radius 3 is 2.44 bits per heavy atom. The Kier molecular flexibility index (Phi) is 9.32. The van der Waals surface area contributed by atoms with E-state index >= 15 is 0 Å². The average Bonchev–Trinajstić information content (AvgIpc) is 3.33.